The molecule has 4 heteroatoms. The van der Waals surface area contributed by atoms with E-state index in [1.165, 1.54) is 13.8 Å². The molecule has 0 aliphatic heterocycles. The van der Waals surface area contributed by atoms with Gasteiger partial charge >= 0.3 is 11.9 Å². The molecule has 0 atom stereocenters. The molecule has 2 rings (SSSR count). The van der Waals surface area contributed by atoms with Crippen LogP contribution < -0.4 is 9.47 Å². The maximum absolute atomic E-state index is 12.2. The summed E-state index contributed by atoms with van der Waals surface area (Å²) in [6.07, 6.45) is 0. The van der Waals surface area contributed by atoms with Crippen LogP contribution in [0.5, 0.6) is 11.5 Å². The zero-order valence-corrected chi connectivity index (χ0v) is 21.8. The van der Waals surface area contributed by atoms with Crippen LogP contribution in [0.15, 0.2) is 12.1 Å². The van der Waals surface area contributed by atoms with Crippen LogP contribution in [0.2, 0.25) is 0 Å². The van der Waals surface area contributed by atoms with Gasteiger partial charge in [-0.1, -0.05) is 53.7 Å². The second-order valence-corrected chi connectivity index (χ2v) is 10.8. The lowest BCUT2D eigenvalue weighted by Crippen LogP contribution is -2.19. The maximum Gasteiger partial charge on any atom is 0.308 e. The Morgan fingerprint density at radius 2 is 0.906 bits per heavy atom. The van der Waals surface area contributed by atoms with Gasteiger partial charge in [-0.3, -0.25) is 9.59 Å². The minimum atomic E-state index is -0.379. The van der Waals surface area contributed by atoms with Crippen LogP contribution in [0.4, 0.5) is 0 Å². The molecular formula is C28H38O4. The minimum absolute atomic E-state index is 0.260. The number of ether oxygens (including phenoxy) is 2. The van der Waals surface area contributed by atoms with Crippen molar-refractivity contribution in [1.29, 1.82) is 0 Å². The van der Waals surface area contributed by atoms with Gasteiger partial charge in [-0.15, -0.1) is 0 Å². The van der Waals surface area contributed by atoms with Crippen molar-refractivity contribution in [1.82, 2.24) is 0 Å². The van der Waals surface area contributed by atoms with E-state index >= 15 is 0 Å². The Morgan fingerprint density at radius 1 is 0.625 bits per heavy atom. The van der Waals surface area contributed by atoms with Gasteiger partial charge in [0.15, 0.2) is 0 Å². The first-order valence-electron chi connectivity index (χ1n) is 11.1. The minimum Gasteiger partial charge on any atom is -0.426 e. The number of aryl methyl sites for hydroxylation is 2. The lowest BCUT2D eigenvalue weighted by molar-refractivity contribution is -0.133. The fourth-order valence-corrected chi connectivity index (χ4v) is 4.00. The second kappa shape index (κ2) is 8.73. The molecule has 0 bridgehead atoms. The largest absolute Gasteiger partial charge is 0.426 e. The highest BCUT2D eigenvalue weighted by Gasteiger charge is 2.32. The zero-order valence-electron chi connectivity index (χ0n) is 21.8. The van der Waals surface area contributed by atoms with Gasteiger partial charge in [0.2, 0.25) is 0 Å². The van der Waals surface area contributed by atoms with Gasteiger partial charge in [0.1, 0.15) is 11.5 Å². The highest BCUT2D eigenvalue weighted by atomic mass is 16.5. The second-order valence-electron chi connectivity index (χ2n) is 10.8. The molecule has 0 radical (unpaired) electrons. The van der Waals surface area contributed by atoms with Gasteiger partial charge < -0.3 is 9.47 Å². The van der Waals surface area contributed by atoms with Crippen LogP contribution in [0.3, 0.4) is 0 Å². The van der Waals surface area contributed by atoms with E-state index in [-0.39, 0.29) is 22.8 Å². The molecule has 0 heterocycles. The summed E-state index contributed by atoms with van der Waals surface area (Å²) in [6, 6.07) is 4.19. The SMILES string of the molecule is CC(=O)Oc1c(C(C)(C)C)cc(C)c(C)c1-c1c(C)c(C)cc(C(C)(C)C)c1OC(C)=O. The molecular weight excluding hydrogens is 400 g/mol. The topological polar surface area (TPSA) is 52.6 Å². The first-order valence-corrected chi connectivity index (χ1v) is 11.1. The van der Waals surface area contributed by atoms with Gasteiger partial charge in [-0.25, -0.2) is 0 Å². The molecule has 0 amide bonds. The zero-order chi connectivity index (χ0) is 24.8. The number of hydrogen-bond acceptors (Lipinski definition) is 4. The highest BCUT2D eigenvalue weighted by Crippen LogP contribution is 2.50. The smallest absolute Gasteiger partial charge is 0.308 e. The summed E-state index contributed by atoms with van der Waals surface area (Å²) in [5, 5.41) is 0. The Bertz CT molecular complexity index is 989. The molecule has 4 nitrogen and oxygen atoms in total. The van der Waals surface area contributed by atoms with Crippen LogP contribution >= 0.6 is 0 Å². The third-order valence-corrected chi connectivity index (χ3v) is 5.96. The van der Waals surface area contributed by atoms with E-state index in [9.17, 15) is 9.59 Å². The molecule has 0 aliphatic rings. The summed E-state index contributed by atoms with van der Waals surface area (Å²) in [7, 11) is 0. The monoisotopic (exact) mass is 438 g/mol. The molecule has 0 spiro atoms. The van der Waals surface area contributed by atoms with E-state index in [1.54, 1.807) is 0 Å². The lowest BCUT2D eigenvalue weighted by atomic mass is 9.77. The average Bonchev–Trinajstić information content (AvgIpc) is 2.60. The van der Waals surface area contributed by atoms with Crippen molar-refractivity contribution in [2.24, 2.45) is 0 Å². The van der Waals surface area contributed by atoms with Crippen LogP contribution in [0.1, 0.15) is 88.8 Å². The first-order chi connectivity index (χ1) is 14.5. The standard InChI is InChI=1S/C28H38O4/c1-15-13-21(27(7,8)9)25(31-19(5)29)23(17(15)3)24-18(4)16(2)14-22(28(10,11)12)26(24)32-20(6)30/h13-14H,1-12H3. The normalized spacial score (nSPS) is 12.0. The predicted octanol–water partition coefficient (Wildman–Crippen LogP) is 7.03. The van der Waals surface area contributed by atoms with Crippen molar-refractivity contribution in [3.8, 4) is 22.6 Å². The number of benzene rings is 2. The molecule has 32 heavy (non-hydrogen) atoms. The fourth-order valence-electron chi connectivity index (χ4n) is 4.00. The predicted molar refractivity (Wildman–Crippen MR) is 131 cm³/mol. The first kappa shape index (κ1) is 25.6. The molecule has 0 aliphatic carbocycles. The molecule has 174 valence electrons. The molecule has 0 aromatic heterocycles. The van der Waals surface area contributed by atoms with Gasteiger partial charge in [0, 0.05) is 36.1 Å². The summed E-state index contributed by atoms with van der Waals surface area (Å²) in [6.45, 7) is 23.6. The van der Waals surface area contributed by atoms with Crippen molar-refractivity contribution < 1.29 is 19.1 Å². The van der Waals surface area contributed by atoms with Gasteiger partial charge in [-0.05, 0) is 60.8 Å². The van der Waals surface area contributed by atoms with E-state index < -0.39 is 0 Å². The summed E-state index contributed by atoms with van der Waals surface area (Å²) < 4.78 is 11.8. The number of esters is 2. The highest BCUT2D eigenvalue weighted by molar-refractivity contribution is 5.89. The van der Waals surface area contributed by atoms with Gasteiger partial charge in [-0.2, -0.15) is 0 Å². The molecule has 0 N–H and O–H groups in total. The quantitative estimate of drug-likeness (QED) is 0.381. The summed E-state index contributed by atoms with van der Waals surface area (Å²) in [5.74, 6) is 0.316. The maximum atomic E-state index is 12.2. The lowest BCUT2D eigenvalue weighted by Gasteiger charge is -2.30. The van der Waals surface area contributed by atoms with Crippen molar-refractivity contribution >= 4 is 11.9 Å². The summed E-state index contributed by atoms with van der Waals surface area (Å²) in [5.41, 5.74) is 7.17. The van der Waals surface area contributed by atoms with E-state index in [0.717, 1.165) is 44.5 Å². The molecule has 0 unspecified atom stereocenters. The van der Waals surface area contributed by atoms with Crippen LogP contribution in [0, 0.1) is 27.7 Å². The number of hydrogen-bond donors (Lipinski definition) is 0. The van der Waals surface area contributed by atoms with Crippen LogP contribution in [-0.2, 0) is 20.4 Å². The fraction of sp³-hybridized carbons (Fsp3) is 0.500. The molecule has 0 saturated carbocycles. The van der Waals surface area contributed by atoms with Crippen LogP contribution in [0.25, 0.3) is 11.1 Å². The number of carbonyl (C=O) groups excluding carboxylic acids is 2. The third kappa shape index (κ3) is 5.06. The van der Waals surface area contributed by atoms with Crippen molar-refractivity contribution in [2.45, 2.75) is 93.9 Å². The molecule has 0 fully saturated rings. The van der Waals surface area contributed by atoms with Crippen molar-refractivity contribution in [2.75, 3.05) is 0 Å². The summed E-state index contributed by atoms with van der Waals surface area (Å²) >= 11 is 0. The van der Waals surface area contributed by atoms with Crippen LogP contribution in [-0.4, -0.2) is 11.9 Å². The van der Waals surface area contributed by atoms with E-state index in [4.69, 9.17) is 9.47 Å². The third-order valence-electron chi connectivity index (χ3n) is 5.96. The Balaban J connectivity index is 3.21. The molecule has 2 aromatic carbocycles. The Hall–Kier alpha value is -2.62. The molecule has 0 saturated heterocycles. The molecule has 2 aromatic rings. The van der Waals surface area contributed by atoms with E-state index in [1.807, 2.05) is 13.8 Å². The van der Waals surface area contributed by atoms with Gasteiger partial charge in [0.25, 0.3) is 0 Å². The average molecular weight is 439 g/mol. The Morgan fingerprint density at radius 3 is 1.12 bits per heavy atom. The Kier molecular flexibility index (Phi) is 6.99. The van der Waals surface area contributed by atoms with Crippen molar-refractivity contribution in [3.63, 3.8) is 0 Å². The number of rotatable bonds is 3. The summed E-state index contributed by atoms with van der Waals surface area (Å²) in [4.78, 5) is 24.4. The number of carbonyl (C=O) groups is 2. The van der Waals surface area contributed by atoms with E-state index in [2.05, 4.69) is 67.5 Å². The van der Waals surface area contributed by atoms with Crippen molar-refractivity contribution in [3.05, 3.63) is 45.5 Å². The van der Waals surface area contributed by atoms with Gasteiger partial charge in [0.05, 0.1) is 0 Å². The Labute approximate surface area is 193 Å². The van der Waals surface area contributed by atoms with E-state index in [0.29, 0.717) is 11.5 Å².